The number of amides is 1. The molecule has 1 aliphatic rings. The Labute approximate surface area is 146 Å². The highest BCUT2D eigenvalue weighted by Gasteiger charge is 2.34. The second kappa shape index (κ2) is 7.53. The van der Waals surface area contributed by atoms with Crippen molar-refractivity contribution in [3.63, 3.8) is 0 Å². The fourth-order valence-corrected chi connectivity index (χ4v) is 3.10. The first-order valence-corrected chi connectivity index (χ1v) is 8.40. The number of aromatic hydroxyl groups is 1. The van der Waals surface area contributed by atoms with Gasteiger partial charge in [0.05, 0.1) is 17.8 Å². The lowest BCUT2D eigenvalue weighted by Crippen LogP contribution is -2.52. The predicted molar refractivity (Wildman–Crippen MR) is 92.6 cm³/mol. The van der Waals surface area contributed by atoms with Crippen LogP contribution in [0.5, 0.6) is 11.5 Å². The van der Waals surface area contributed by atoms with E-state index in [1.807, 2.05) is 6.92 Å². The first kappa shape index (κ1) is 17.2. The lowest BCUT2D eigenvalue weighted by atomic mass is 9.89. The molecule has 1 fully saturated rings. The molecule has 2 aromatic rings. The summed E-state index contributed by atoms with van der Waals surface area (Å²) in [7, 11) is 0. The molecule has 1 aliphatic carbocycles. The average molecular weight is 342 g/mol. The number of aliphatic hydroxyl groups is 1. The van der Waals surface area contributed by atoms with E-state index in [1.165, 1.54) is 0 Å². The van der Waals surface area contributed by atoms with Gasteiger partial charge in [0.1, 0.15) is 23.7 Å². The molecule has 0 bridgehead atoms. The van der Waals surface area contributed by atoms with Gasteiger partial charge in [0.25, 0.3) is 5.91 Å². The molecule has 1 saturated carbocycles. The van der Waals surface area contributed by atoms with E-state index in [0.29, 0.717) is 18.6 Å². The van der Waals surface area contributed by atoms with Crippen molar-refractivity contribution in [3.05, 3.63) is 53.9 Å². The molecule has 6 nitrogen and oxygen atoms in total. The van der Waals surface area contributed by atoms with E-state index in [4.69, 9.17) is 4.74 Å². The van der Waals surface area contributed by atoms with Crippen molar-refractivity contribution in [1.82, 2.24) is 10.3 Å². The van der Waals surface area contributed by atoms with E-state index in [-0.39, 0.29) is 11.3 Å². The Morgan fingerprint density at radius 3 is 2.88 bits per heavy atom. The standard InChI is InChI=1S/C19H22N2O4/c1-12-7-8-14(16(22)10-12)19(24)21-15-5-2-6-17(18(15)23)25-13-4-3-9-20-11-13/h3-4,7-11,15,17-18,22-23H,2,5-6H2,1H3,(H,21,24)/t15-,17-,18-/m1/s1. The number of hydrogen-bond acceptors (Lipinski definition) is 5. The maximum Gasteiger partial charge on any atom is 0.255 e. The Morgan fingerprint density at radius 1 is 1.32 bits per heavy atom. The van der Waals surface area contributed by atoms with E-state index in [0.717, 1.165) is 12.0 Å². The smallest absolute Gasteiger partial charge is 0.255 e. The summed E-state index contributed by atoms with van der Waals surface area (Å²) < 4.78 is 5.81. The van der Waals surface area contributed by atoms with Crippen molar-refractivity contribution in [3.8, 4) is 11.5 Å². The third-order valence-electron chi connectivity index (χ3n) is 4.43. The van der Waals surface area contributed by atoms with Gasteiger partial charge in [-0.1, -0.05) is 6.07 Å². The largest absolute Gasteiger partial charge is 0.507 e. The highest BCUT2D eigenvalue weighted by atomic mass is 16.5. The third kappa shape index (κ3) is 4.09. The molecular weight excluding hydrogens is 320 g/mol. The maximum atomic E-state index is 12.4. The normalized spacial score (nSPS) is 23.0. The van der Waals surface area contributed by atoms with E-state index in [9.17, 15) is 15.0 Å². The van der Waals surface area contributed by atoms with Crippen molar-refractivity contribution in [2.24, 2.45) is 0 Å². The van der Waals surface area contributed by atoms with Crippen LogP contribution in [-0.4, -0.2) is 39.4 Å². The summed E-state index contributed by atoms with van der Waals surface area (Å²) in [5, 5.41) is 23.3. The Bertz CT molecular complexity index is 735. The van der Waals surface area contributed by atoms with Crippen molar-refractivity contribution < 1.29 is 19.7 Å². The molecular formula is C19H22N2O4. The van der Waals surface area contributed by atoms with Gasteiger partial charge in [-0.3, -0.25) is 9.78 Å². The number of nitrogens with zero attached hydrogens (tertiary/aromatic N) is 1. The van der Waals surface area contributed by atoms with Gasteiger partial charge < -0.3 is 20.3 Å². The number of ether oxygens (including phenoxy) is 1. The number of phenols is 1. The van der Waals surface area contributed by atoms with Gasteiger partial charge in [-0.15, -0.1) is 0 Å². The molecule has 25 heavy (non-hydrogen) atoms. The van der Waals surface area contributed by atoms with Crippen molar-refractivity contribution in [2.75, 3.05) is 0 Å². The number of nitrogens with one attached hydrogen (secondary N) is 1. The predicted octanol–water partition coefficient (Wildman–Crippen LogP) is 2.19. The molecule has 3 atom stereocenters. The summed E-state index contributed by atoms with van der Waals surface area (Å²) in [6.45, 7) is 1.84. The number of aromatic nitrogens is 1. The topological polar surface area (TPSA) is 91.7 Å². The molecule has 6 heteroatoms. The summed E-state index contributed by atoms with van der Waals surface area (Å²) in [4.78, 5) is 16.4. The van der Waals surface area contributed by atoms with E-state index in [2.05, 4.69) is 10.3 Å². The van der Waals surface area contributed by atoms with Crippen LogP contribution in [-0.2, 0) is 0 Å². The first-order chi connectivity index (χ1) is 12.0. The van der Waals surface area contributed by atoms with Gasteiger partial charge in [0.15, 0.2) is 0 Å². The number of carbonyl (C=O) groups excluding carboxylic acids is 1. The van der Waals surface area contributed by atoms with Crippen LogP contribution >= 0.6 is 0 Å². The molecule has 0 unspecified atom stereocenters. The number of carbonyl (C=O) groups is 1. The third-order valence-corrected chi connectivity index (χ3v) is 4.43. The number of pyridine rings is 1. The minimum absolute atomic E-state index is 0.0639. The molecule has 1 aromatic carbocycles. The van der Waals surface area contributed by atoms with E-state index in [1.54, 1.807) is 42.7 Å². The number of benzene rings is 1. The molecule has 1 amide bonds. The van der Waals surface area contributed by atoms with Crippen LogP contribution in [0.3, 0.4) is 0 Å². The Hall–Kier alpha value is -2.60. The zero-order valence-corrected chi connectivity index (χ0v) is 14.1. The maximum absolute atomic E-state index is 12.4. The fourth-order valence-electron chi connectivity index (χ4n) is 3.10. The summed E-state index contributed by atoms with van der Waals surface area (Å²) in [5.41, 5.74) is 1.07. The molecule has 1 heterocycles. The average Bonchev–Trinajstić information content (AvgIpc) is 2.59. The van der Waals surface area contributed by atoms with Crippen molar-refractivity contribution in [1.29, 1.82) is 0 Å². The minimum Gasteiger partial charge on any atom is -0.507 e. The first-order valence-electron chi connectivity index (χ1n) is 8.40. The second-order valence-corrected chi connectivity index (χ2v) is 6.37. The van der Waals surface area contributed by atoms with Crippen LogP contribution in [0.15, 0.2) is 42.7 Å². The monoisotopic (exact) mass is 342 g/mol. The van der Waals surface area contributed by atoms with Gasteiger partial charge in [0.2, 0.25) is 0 Å². The molecule has 1 aromatic heterocycles. The number of aliphatic hydroxyl groups excluding tert-OH is 1. The van der Waals surface area contributed by atoms with Crippen LogP contribution in [0.2, 0.25) is 0 Å². The molecule has 132 valence electrons. The van der Waals surface area contributed by atoms with Crippen molar-refractivity contribution >= 4 is 5.91 Å². The minimum atomic E-state index is -0.828. The molecule has 0 aliphatic heterocycles. The number of aryl methyl sites for hydroxylation is 1. The molecule has 0 radical (unpaired) electrons. The SMILES string of the molecule is Cc1ccc(C(=O)N[C@@H]2CCC[C@@H](Oc3cccnc3)[C@@H]2O)c(O)c1. The van der Waals surface area contributed by atoms with Crippen molar-refractivity contribution in [2.45, 2.75) is 44.4 Å². The summed E-state index contributed by atoms with van der Waals surface area (Å²) >= 11 is 0. The Balaban J connectivity index is 1.66. The number of hydrogen-bond donors (Lipinski definition) is 3. The molecule has 3 rings (SSSR count). The summed E-state index contributed by atoms with van der Waals surface area (Å²) in [6.07, 6.45) is 4.21. The number of phenolic OH excluding ortho intramolecular Hbond substituents is 1. The van der Waals surface area contributed by atoms with Crippen LogP contribution in [0, 0.1) is 6.92 Å². The fraction of sp³-hybridized carbons (Fsp3) is 0.368. The quantitative estimate of drug-likeness (QED) is 0.792. The van der Waals surface area contributed by atoms with E-state index < -0.39 is 24.2 Å². The Morgan fingerprint density at radius 2 is 2.16 bits per heavy atom. The van der Waals surface area contributed by atoms with Crippen LogP contribution in [0.25, 0.3) is 0 Å². The van der Waals surface area contributed by atoms with Gasteiger partial charge in [0, 0.05) is 6.20 Å². The summed E-state index contributed by atoms with van der Waals surface area (Å²) in [6, 6.07) is 8.01. The van der Waals surface area contributed by atoms with Gasteiger partial charge in [-0.05, 0) is 56.0 Å². The molecule has 3 N–H and O–H groups in total. The highest BCUT2D eigenvalue weighted by Crippen LogP contribution is 2.25. The van der Waals surface area contributed by atoms with Crippen LogP contribution < -0.4 is 10.1 Å². The van der Waals surface area contributed by atoms with Gasteiger partial charge >= 0.3 is 0 Å². The lowest BCUT2D eigenvalue weighted by molar-refractivity contribution is -0.0142. The number of rotatable bonds is 4. The molecule has 0 spiro atoms. The Kier molecular flexibility index (Phi) is 5.19. The zero-order chi connectivity index (χ0) is 17.8. The zero-order valence-electron chi connectivity index (χ0n) is 14.1. The van der Waals surface area contributed by atoms with Crippen LogP contribution in [0.1, 0.15) is 35.2 Å². The van der Waals surface area contributed by atoms with E-state index >= 15 is 0 Å². The second-order valence-electron chi connectivity index (χ2n) is 6.37. The van der Waals surface area contributed by atoms with Crippen LogP contribution in [0.4, 0.5) is 0 Å². The lowest BCUT2D eigenvalue weighted by Gasteiger charge is -2.35. The molecule has 0 saturated heterocycles. The summed E-state index contributed by atoms with van der Waals surface area (Å²) in [5.74, 6) is 0.129. The highest BCUT2D eigenvalue weighted by molar-refractivity contribution is 5.97. The van der Waals surface area contributed by atoms with Gasteiger partial charge in [-0.25, -0.2) is 0 Å². The van der Waals surface area contributed by atoms with Gasteiger partial charge in [-0.2, -0.15) is 0 Å².